The van der Waals surface area contributed by atoms with Gasteiger partial charge in [0.25, 0.3) is 0 Å². The Balaban J connectivity index is 2.66. The molecule has 0 amide bonds. The van der Waals surface area contributed by atoms with Crippen LogP contribution in [0.1, 0.15) is 32.6 Å². The molecule has 12 heavy (non-hydrogen) atoms. The van der Waals surface area contributed by atoms with Crippen LogP contribution in [0.2, 0.25) is 0 Å². The topological polar surface area (TPSA) is 34.1 Å². The summed E-state index contributed by atoms with van der Waals surface area (Å²) in [6.45, 7) is 1.61. The van der Waals surface area contributed by atoms with Gasteiger partial charge in [-0.15, -0.1) is 0 Å². The molecule has 0 aromatic heterocycles. The molecule has 1 aliphatic carbocycles. The predicted octanol–water partition coefficient (Wildman–Crippen LogP) is 1.77. The Hall–Kier alpha value is -0.880. The number of rotatable bonds is 2. The van der Waals surface area contributed by atoms with E-state index in [1.165, 1.54) is 6.08 Å². The number of allylic oxidation sites excluding steroid dienone is 1. The van der Waals surface area contributed by atoms with Crippen LogP contribution in [0.4, 0.5) is 0 Å². The lowest BCUT2D eigenvalue weighted by molar-refractivity contribution is -0.122. The average Bonchev–Trinajstić information content (AvgIpc) is 2.05. The summed E-state index contributed by atoms with van der Waals surface area (Å²) in [7, 11) is 0. The second kappa shape index (κ2) is 4.22. The van der Waals surface area contributed by atoms with Gasteiger partial charge in [0.05, 0.1) is 0 Å². The molecule has 1 fully saturated rings. The van der Waals surface area contributed by atoms with Gasteiger partial charge in [0.15, 0.2) is 0 Å². The highest BCUT2D eigenvalue weighted by Gasteiger charge is 2.26. The van der Waals surface area contributed by atoms with Crippen molar-refractivity contribution in [1.29, 1.82) is 0 Å². The van der Waals surface area contributed by atoms with Crippen LogP contribution in [-0.4, -0.2) is 11.7 Å². The minimum absolute atomic E-state index is 0.0835. The molecular formula is C10H14O2. The maximum Gasteiger partial charge on any atom is 0.133 e. The highest BCUT2D eigenvalue weighted by Crippen LogP contribution is 2.30. The van der Waals surface area contributed by atoms with Crippen LogP contribution in [0.15, 0.2) is 6.08 Å². The van der Waals surface area contributed by atoms with Crippen LogP contribution < -0.4 is 0 Å². The molecular weight excluding hydrogens is 152 g/mol. The molecule has 2 nitrogen and oxygen atoms in total. The summed E-state index contributed by atoms with van der Waals surface area (Å²) < 4.78 is 0. The minimum atomic E-state index is 0.0835. The van der Waals surface area contributed by atoms with Gasteiger partial charge in [-0.1, -0.05) is 12.8 Å². The van der Waals surface area contributed by atoms with Gasteiger partial charge in [0.1, 0.15) is 11.7 Å². The Labute approximate surface area is 72.7 Å². The quantitative estimate of drug-likeness (QED) is 0.586. The molecule has 2 atom stereocenters. The fourth-order valence-corrected chi connectivity index (χ4v) is 1.95. The number of ketones is 1. The van der Waals surface area contributed by atoms with E-state index in [0.717, 1.165) is 25.7 Å². The molecule has 66 valence electrons. The van der Waals surface area contributed by atoms with Gasteiger partial charge < -0.3 is 0 Å². The average molecular weight is 166 g/mol. The molecule has 0 aromatic rings. The van der Waals surface area contributed by atoms with Gasteiger partial charge >= 0.3 is 0 Å². The van der Waals surface area contributed by atoms with Gasteiger partial charge in [0.2, 0.25) is 0 Å². The van der Waals surface area contributed by atoms with Gasteiger partial charge in [-0.05, 0) is 25.7 Å². The molecule has 1 rings (SSSR count). The Kier molecular flexibility index (Phi) is 3.24. The molecule has 1 saturated carbocycles. The van der Waals surface area contributed by atoms with E-state index in [1.807, 2.05) is 0 Å². The van der Waals surface area contributed by atoms with E-state index in [1.54, 1.807) is 12.9 Å². The lowest BCUT2D eigenvalue weighted by Gasteiger charge is -2.26. The number of Topliss-reactive ketones (excluding diaryl/α,β-unsaturated/α-hetero) is 1. The van der Waals surface area contributed by atoms with Crippen molar-refractivity contribution in [2.24, 2.45) is 11.8 Å². The largest absolute Gasteiger partial charge is 0.300 e. The molecule has 0 N–H and O–H groups in total. The molecule has 0 radical (unpaired) electrons. The first-order valence-corrected chi connectivity index (χ1v) is 4.47. The molecule has 0 spiro atoms. The van der Waals surface area contributed by atoms with Gasteiger partial charge in [-0.3, -0.25) is 4.79 Å². The first kappa shape index (κ1) is 9.21. The summed E-state index contributed by atoms with van der Waals surface area (Å²) in [6.07, 6.45) is 5.68. The first-order chi connectivity index (χ1) is 5.75. The standard InChI is InChI=1S/C10H14O2/c1-8(12)10-5-3-2-4-9(10)6-7-11/h6,9-10H,2-5H2,1H3. The van der Waals surface area contributed by atoms with E-state index < -0.39 is 0 Å². The maximum atomic E-state index is 11.1. The molecule has 1 aliphatic rings. The highest BCUT2D eigenvalue weighted by atomic mass is 16.1. The number of carbonyl (C=O) groups is 1. The summed E-state index contributed by atoms with van der Waals surface area (Å²) in [5.74, 6) is 2.25. The van der Waals surface area contributed by atoms with E-state index in [2.05, 4.69) is 0 Å². The summed E-state index contributed by atoms with van der Waals surface area (Å²) in [4.78, 5) is 21.3. The fraction of sp³-hybridized carbons (Fsp3) is 0.700. The fourth-order valence-electron chi connectivity index (χ4n) is 1.95. The van der Waals surface area contributed by atoms with E-state index >= 15 is 0 Å². The monoisotopic (exact) mass is 166 g/mol. The molecule has 0 aromatic carbocycles. The summed E-state index contributed by atoms with van der Waals surface area (Å²) in [5, 5.41) is 0. The van der Waals surface area contributed by atoms with Crippen molar-refractivity contribution in [3.8, 4) is 0 Å². The smallest absolute Gasteiger partial charge is 0.133 e. The SMILES string of the molecule is CC(=O)C1CCCCC1C=C=O. The number of hydrogen-bond donors (Lipinski definition) is 0. The lowest BCUT2D eigenvalue weighted by atomic mass is 9.77. The zero-order valence-electron chi connectivity index (χ0n) is 7.38. The van der Waals surface area contributed by atoms with Gasteiger partial charge in [-0.2, -0.15) is 0 Å². The van der Waals surface area contributed by atoms with Crippen molar-refractivity contribution in [3.63, 3.8) is 0 Å². The normalized spacial score (nSPS) is 29.1. The first-order valence-electron chi connectivity index (χ1n) is 4.47. The summed E-state index contributed by atoms with van der Waals surface area (Å²) in [5.41, 5.74) is 0. The minimum Gasteiger partial charge on any atom is -0.300 e. The number of carbonyl (C=O) groups excluding carboxylic acids is 2. The van der Waals surface area contributed by atoms with E-state index in [9.17, 15) is 9.59 Å². The van der Waals surface area contributed by atoms with Crippen LogP contribution in [0, 0.1) is 11.8 Å². The zero-order chi connectivity index (χ0) is 8.97. The van der Waals surface area contributed by atoms with Crippen LogP contribution in [0.25, 0.3) is 0 Å². The third kappa shape index (κ3) is 2.05. The molecule has 0 heterocycles. The molecule has 2 unspecified atom stereocenters. The van der Waals surface area contributed by atoms with Gasteiger partial charge in [-0.25, -0.2) is 4.79 Å². The van der Waals surface area contributed by atoms with Gasteiger partial charge in [0, 0.05) is 12.0 Å². The molecule has 0 bridgehead atoms. The van der Waals surface area contributed by atoms with Crippen LogP contribution >= 0.6 is 0 Å². The Bertz CT molecular complexity index is 204. The molecule has 0 saturated heterocycles. The Morgan fingerprint density at radius 3 is 2.67 bits per heavy atom. The highest BCUT2D eigenvalue weighted by molar-refractivity contribution is 5.79. The Morgan fingerprint density at radius 2 is 2.08 bits per heavy atom. The predicted molar refractivity (Wildman–Crippen MR) is 46.4 cm³/mol. The molecule has 2 heteroatoms. The third-order valence-corrected chi connectivity index (χ3v) is 2.62. The number of hydrogen-bond acceptors (Lipinski definition) is 2. The third-order valence-electron chi connectivity index (χ3n) is 2.62. The van der Waals surface area contributed by atoms with E-state index in [4.69, 9.17) is 0 Å². The van der Waals surface area contributed by atoms with E-state index in [-0.39, 0.29) is 17.6 Å². The van der Waals surface area contributed by atoms with Crippen molar-refractivity contribution in [3.05, 3.63) is 6.08 Å². The second-order valence-corrected chi connectivity index (χ2v) is 3.45. The van der Waals surface area contributed by atoms with Crippen molar-refractivity contribution < 1.29 is 9.59 Å². The maximum absolute atomic E-state index is 11.1. The van der Waals surface area contributed by atoms with Crippen LogP contribution in [-0.2, 0) is 9.59 Å². The van der Waals surface area contributed by atoms with Crippen LogP contribution in [0.5, 0.6) is 0 Å². The van der Waals surface area contributed by atoms with E-state index in [0.29, 0.717) is 0 Å². The van der Waals surface area contributed by atoms with Crippen LogP contribution in [0.3, 0.4) is 0 Å². The zero-order valence-corrected chi connectivity index (χ0v) is 7.38. The second-order valence-electron chi connectivity index (χ2n) is 3.45. The molecule has 0 aliphatic heterocycles. The van der Waals surface area contributed by atoms with Crippen molar-refractivity contribution in [2.75, 3.05) is 0 Å². The lowest BCUT2D eigenvalue weighted by Crippen LogP contribution is -2.24. The van der Waals surface area contributed by atoms with Crippen molar-refractivity contribution in [1.82, 2.24) is 0 Å². The van der Waals surface area contributed by atoms with Crippen molar-refractivity contribution in [2.45, 2.75) is 32.6 Å². The summed E-state index contributed by atoms with van der Waals surface area (Å²) in [6, 6.07) is 0. The van der Waals surface area contributed by atoms with Crippen molar-refractivity contribution >= 4 is 11.7 Å². The summed E-state index contributed by atoms with van der Waals surface area (Å²) >= 11 is 0. The Morgan fingerprint density at radius 1 is 1.42 bits per heavy atom.